The van der Waals surface area contributed by atoms with Crippen LogP contribution in [0.1, 0.15) is 19.4 Å². The average molecular weight is 349 g/mol. The number of amides is 1. The molecule has 6 nitrogen and oxygen atoms in total. The van der Waals surface area contributed by atoms with Gasteiger partial charge in [-0.15, -0.1) is 0 Å². The van der Waals surface area contributed by atoms with Gasteiger partial charge in [-0.3, -0.25) is 9.36 Å². The summed E-state index contributed by atoms with van der Waals surface area (Å²) >= 11 is 0. The van der Waals surface area contributed by atoms with E-state index >= 15 is 8.78 Å². The molecule has 0 fully saturated rings. The predicted molar refractivity (Wildman–Crippen MR) is 79.6 cm³/mol. The Morgan fingerprint density at radius 1 is 1.26 bits per heavy atom. The third-order valence-electron chi connectivity index (χ3n) is 3.65. The molecule has 128 valence electrons. The number of aliphatic hydroxyl groups is 1. The molecule has 0 aromatic heterocycles. The molecule has 1 aliphatic heterocycles. The van der Waals surface area contributed by atoms with E-state index < -0.39 is 24.8 Å². The van der Waals surface area contributed by atoms with E-state index in [-0.39, 0.29) is 24.5 Å². The molecule has 0 radical (unpaired) electrons. The van der Waals surface area contributed by atoms with Crippen molar-refractivity contribution in [2.24, 2.45) is 0 Å². The molecular formula is C14H18F2NO5P. The molecular weight excluding hydrogens is 331 g/mol. The molecule has 9 heteroatoms. The highest BCUT2D eigenvalue weighted by Gasteiger charge is 2.74. The third-order valence-corrected chi connectivity index (χ3v) is 5.85. The summed E-state index contributed by atoms with van der Waals surface area (Å²) in [5.74, 6) is -1.29. The van der Waals surface area contributed by atoms with E-state index in [1.807, 2.05) is 0 Å². The second-order valence-electron chi connectivity index (χ2n) is 4.97. The van der Waals surface area contributed by atoms with Gasteiger partial charge >= 0.3 is 13.3 Å². The van der Waals surface area contributed by atoms with Gasteiger partial charge in [-0.2, -0.15) is 8.78 Å². The first kappa shape index (κ1) is 18.0. The molecule has 1 heterocycles. The van der Waals surface area contributed by atoms with Crippen molar-refractivity contribution in [3.63, 3.8) is 0 Å². The smallest absolute Gasteiger partial charge is 0.370 e. The summed E-state index contributed by atoms with van der Waals surface area (Å²) < 4.78 is 51.9. The van der Waals surface area contributed by atoms with Crippen LogP contribution in [0.5, 0.6) is 0 Å². The number of benzene rings is 1. The SMILES string of the molecule is CCOP(=O)(OCC)C(F)(F)C1(O)C(=O)N(C)c2ccccc21. The summed E-state index contributed by atoms with van der Waals surface area (Å²) in [6.07, 6.45) is 0. The molecule has 23 heavy (non-hydrogen) atoms. The number of hydrogen-bond acceptors (Lipinski definition) is 5. The standard InChI is InChI=1S/C14H18F2NO5P/c1-4-21-23(20,22-5-2)14(15,16)13(19)10-8-6-7-9-11(10)17(3)12(13)18/h6-9,19H,4-5H2,1-3H3. The number of rotatable bonds is 6. The van der Waals surface area contributed by atoms with Crippen LogP contribution in [0, 0.1) is 0 Å². The van der Waals surface area contributed by atoms with Gasteiger partial charge in [0.2, 0.25) is 5.60 Å². The van der Waals surface area contributed by atoms with Crippen molar-refractivity contribution in [3.05, 3.63) is 29.8 Å². The number of nitrogens with zero attached hydrogens (tertiary/aromatic N) is 1. The van der Waals surface area contributed by atoms with Crippen LogP contribution in [-0.2, 0) is 24.0 Å². The van der Waals surface area contributed by atoms with E-state index in [1.54, 1.807) is 0 Å². The van der Waals surface area contributed by atoms with E-state index in [1.165, 1.54) is 45.2 Å². The van der Waals surface area contributed by atoms with Crippen molar-refractivity contribution < 1.29 is 32.3 Å². The van der Waals surface area contributed by atoms with E-state index in [9.17, 15) is 14.5 Å². The number of carbonyl (C=O) groups excluding carboxylic acids is 1. The summed E-state index contributed by atoms with van der Waals surface area (Å²) in [7, 11) is -3.84. The molecule has 1 aromatic carbocycles. The van der Waals surface area contributed by atoms with Gasteiger partial charge in [0.1, 0.15) is 0 Å². The maximum absolute atomic E-state index is 15.0. The Morgan fingerprint density at radius 2 is 1.78 bits per heavy atom. The van der Waals surface area contributed by atoms with Gasteiger partial charge in [0.15, 0.2) is 0 Å². The average Bonchev–Trinajstić information content (AvgIpc) is 2.71. The molecule has 0 spiro atoms. The highest BCUT2D eigenvalue weighted by atomic mass is 31.2. The predicted octanol–water partition coefficient (Wildman–Crippen LogP) is 2.71. The minimum absolute atomic E-state index is 0.110. The van der Waals surface area contributed by atoms with Crippen LogP contribution in [0.4, 0.5) is 14.5 Å². The lowest BCUT2D eigenvalue weighted by molar-refractivity contribution is -0.169. The Hall–Kier alpha value is -1.34. The number of halogens is 2. The molecule has 0 saturated carbocycles. The van der Waals surface area contributed by atoms with Crippen molar-refractivity contribution in [2.75, 3.05) is 25.2 Å². The first-order valence-corrected chi connectivity index (χ1v) is 8.58. The van der Waals surface area contributed by atoms with Crippen molar-refractivity contribution in [1.29, 1.82) is 0 Å². The monoisotopic (exact) mass is 349 g/mol. The minimum Gasteiger partial charge on any atom is -0.370 e. The second kappa shape index (κ2) is 5.94. The molecule has 0 bridgehead atoms. The normalized spacial score (nSPS) is 21.7. The third kappa shape index (κ3) is 2.32. The summed E-state index contributed by atoms with van der Waals surface area (Å²) in [4.78, 5) is 13.2. The number of likely N-dealkylation sites (N-methyl/N-ethyl adjacent to an activating group) is 1. The van der Waals surface area contributed by atoms with Gasteiger partial charge in [0, 0.05) is 12.6 Å². The van der Waals surface area contributed by atoms with Crippen LogP contribution in [0.3, 0.4) is 0 Å². The van der Waals surface area contributed by atoms with Crippen LogP contribution < -0.4 is 4.90 Å². The Kier molecular flexibility index (Phi) is 4.65. The zero-order valence-electron chi connectivity index (χ0n) is 13.0. The summed E-state index contributed by atoms with van der Waals surface area (Å²) in [6, 6.07) is 5.54. The van der Waals surface area contributed by atoms with Gasteiger partial charge in [0.25, 0.3) is 5.91 Å². The van der Waals surface area contributed by atoms with Gasteiger partial charge in [-0.25, -0.2) is 0 Å². The molecule has 1 unspecified atom stereocenters. The number of para-hydroxylation sites is 1. The lowest BCUT2D eigenvalue weighted by atomic mass is 9.96. The Morgan fingerprint density at radius 3 is 2.30 bits per heavy atom. The van der Waals surface area contributed by atoms with Crippen LogP contribution >= 0.6 is 7.60 Å². The van der Waals surface area contributed by atoms with Gasteiger partial charge in [-0.1, -0.05) is 18.2 Å². The number of anilines is 1. The largest absolute Gasteiger partial charge is 0.403 e. The van der Waals surface area contributed by atoms with E-state index in [2.05, 4.69) is 9.05 Å². The fraction of sp³-hybridized carbons (Fsp3) is 0.500. The van der Waals surface area contributed by atoms with Crippen LogP contribution in [-0.4, -0.2) is 36.9 Å². The van der Waals surface area contributed by atoms with Crippen LogP contribution in [0.15, 0.2) is 24.3 Å². The van der Waals surface area contributed by atoms with Crippen molar-refractivity contribution in [3.8, 4) is 0 Å². The van der Waals surface area contributed by atoms with Gasteiger partial charge < -0.3 is 19.1 Å². The maximum atomic E-state index is 15.0. The molecule has 1 N–H and O–H groups in total. The Bertz CT molecular complexity index is 658. The van der Waals surface area contributed by atoms with E-state index in [0.717, 1.165) is 4.90 Å². The summed E-state index contributed by atoms with van der Waals surface area (Å²) in [5, 5.41) is 10.6. The zero-order chi connectivity index (χ0) is 17.5. The maximum Gasteiger partial charge on any atom is 0.403 e. The van der Waals surface area contributed by atoms with Crippen molar-refractivity contribution in [1.82, 2.24) is 0 Å². The number of alkyl halides is 2. The number of carbonyl (C=O) groups is 1. The molecule has 0 aliphatic carbocycles. The minimum atomic E-state index is -5.09. The topological polar surface area (TPSA) is 76.1 Å². The molecule has 1 amide bonds. The molecule has 1 aliphatic rings. The Labute approximate surface area is 132 Å². The van der Waals surface area contributed by atoms with Gasteiger partial charge in [0.05, 0.1) is 18.9 Å². The summed E-state index contributed by atoms with van der Waals surface area (Å²) in [5.41, 5.74) is -8.00. The molecule has 1 atom stereocenters. The first-order valence-electron chi connectivity index (χ1n) is 7.04. The van der Waals surface area contributed by atoms with Crippen molar-refractivity contribution >= 4 is 19.2 Å². The second-order valence-corrected chi connectivity index (χ2v) is 7.04. The van der Waals surface area contributed by atoms with Crippen LogP contribution in [0.2, 0.25) is 0 Å². The van der Waals surface area contributed by atoms with E-state index in [0.29, 0.717) is 0 Å². The fourth-order valence-electron chi connectivity index (χ4n) is 2.57. The van der Waals surface area contributed by atoms with Gasteiger partial charge in [-0.05, 0) is 19.9 Å². The lowest BCUT2D eigenvalue weighted by Gasteiger charge is -2.35. The highest BCUT2D eigenvalue weighted by Crippen LogP contribution is 2.69. The number of fused-ring (bicyclic) bond motifs is 1. The lowest BCUT2D eigenvalue weighted by Crippen LogP contribution is -2.52. The summed E-state index contributed by atoms with van der Waals surface area (Å²) in [6.45, 7) is 2.08. The molecule has 0 saturated heterocycles. The Balaban J connectivity index is 2.66. The molecule has 2 rings (SSSR count). The zero-order valence-corrected chi connectivity index (χ0v) is 13.8. The number of hydrogen-bond donors (Lipinski definition) is 1. The van der Waals surface area contributed by atoms with Crippen LogP contribution in [0.25, 0.3) is 0 Å². The first-order chi connectivity index (χ1) is 10.7. The van der Waals surface area contributed by atoms with E-state index in [4.69, 9.17) is 0 Å². The quantitative estimate of drug-likeness (QED) is 0.799. The molecule has 1 aromatic rings. The highest BCUT2D eigenvalue weighted by molar-refractivity contribution is 7.55. The van der Waals surface area contributed by atoms with Crippen molar-refractivity contribution in [2.45, 2.75) is 25.1 Å². The fourth-order valence-corrected chi connectivity index (χ4v) is 4.26.